The van der Waals surface area contributed by atoms with Gasteiger partial charge in [0, 0.05) is 31.5 Å². The van der Waals surface area contributed by atoms with Gasteiger partial charge in [-0.05, 0) is 30.2 Å². The highest BCUT2D eigenvalue weighted by Crippen LogP contribution is 2.30. The second kappa shape index (κ2) is 7.79. The Bertz CT molecular complexity index is 981. The Kier molecular flexibility index (Phi) is 5.72. The Hall–Kier alpha value is -2.40. The van der Waals surface area contributed by atoms with Crippen LogP contribution >= 0.6 is 0 Å². The minimum absolute atomic E-state index is 0.0136. The lowest BCUT2D eigenvalue weighted by molar-refractivity contribution is -0.141. The zero-order chi connectivity index (χ0) is 21.4. The molecule has 1 atom stereocenters. The summed E-state index contributed by atoms with van der Waals surface area (Å²) < 4.78 is 62.4. The number of primary sulfonamides is 1. The Morgan fingerprint density at radius 1 is 1.21 bits per heavy atom. The average Bonchev–Trinajstić information content (AvgIpc) is 2.66. The molecule has 1 aromatic carbocycles. The number of hydrogen-bond acceptors (Lipinski definition) is 6. The second-order valence-electron chi connectivity index (χ2n) is 7.23. The van der Waals surface area contributed by atoms with Gasteiger partial charge in [0.1, 0.15) is 5.69 Å². The molecule has 0 bridgehead atoms. The largest absolute Gasteiger partial charge is 0.433 e. The van der Waals surface area contributed by atoms with Gasteiger partial charge in [-0.15, -0.1) is 0 Å². The van der Waals surface area contributed by atoms with E-state index in [1.165, 1.54) is 12.1 Å². The van der Waals surface area contributed by atoms with Crippen molar-refractivity contribution in [1.29, 1.82) is 0 Å². The molecule has 29 heavy (non-hydrogen) atoms. The van der Waals surface area contributed by atoms with E-state index in [1.54, 1.807) is 17.0 Å². The zero-order valence-corrected chi connectivity index (χ0v) is 16.8. The molecule has 158 valence electrons. The van der Waals surface area contributed by atoms with E-state index in [-0.39, 0.29) is 22.8 Å². The number of anilines is 2. The van der Waals surface area contributed by atoms with Crippen LogP contribution in [-0.4, -0.2) is 44.1 Å². The molecular formula is C18H22F3N5O2S. The summed E-state index contributed by atoms with van der Waals surface area (Å²) in [5, 5.41) is 5.22. The van der Waals surface area contributed by atoms with E-state index in [0.29, 0.717) is 25.3 Å². The molecule has 0 amide bonds. The zero-order valence-electron chi connectivity index (χ0n) is 16.0. The van der Waals surface area contributed by atoms with Gasteiger partial charge < -0.3 is 9.80 Å². The number of alkyl halides is 3. The third kappa shape index (κ3) is 4.78. The van der Waals surface area contributed by atoms with Crippen molar-refractivity contribution >= 4 is 21.7 Å². The number of aromatic nitrogens is 2. The van der Waals surface area contributed by atoms with Crippen LogP contribution in [0.15, 0.2) is 41.4 Å². The van der Waals surface area contributed by atoms with Crippen LogP contribution in [0.4, 0.5) is 24.8 Å². The van der Waals surface area contributed by atoms with Crippen LogP contribution in [0.3, 0.4) is 0 Å². The molecule has 0 unspecified atom stereocenters. The normalized spacial score (nSPS) is 18.4. The molecule has 2 aromatic rings. The van der Waals surface area contributed by atoms with E-state index in [0.717, 1.165) is 12.3 Å². The molecule has 0 saturated carbocycles. The molecule has 2 N–H and O–H groups in total. The molecular weight excluding hydrogens is 407 g/mol. The number of rotatable bonds is 4. The highest BCUT2D eigenvalue weighted by molar-refractivity contribution is 7.89. The monoisotopic (exact) mass is 429 g/mol. The molecule has 7 nitrogen and oxygen atoms in total. The first-order valence-electron chi connectivity index (χ1n) is 9.01. The molecule has 1 aromatic heterocycles. The minimum atomic E-state index is -4.54. The van der Waals surface area contributed by atoms with E-state index in [1.807, 2.05) is 18.7 Å². The summed E-state index contributed by atoms with van der Waals surface area (Å²) >= 11 is 0. The van der Waals surface area contributed by atoms with Crippen LogP contribution < -0.4 is 14.9 Å². The quantitative estimate of drug-likeness (QED) is 0.803. The van der Waals surface area contributed by atoms with Crippen molar-refractivity contribution < 1.29 is 21.6 Å². The van der Waals surface area contributed by atoms with Gasteiger partial charge in [0.15, 0.2) is 0 Å². The van der Waals surface area contributed by atoms with E-state index >= 15 is 0 Å². The molecule has 1 fully saturated rings. The summed E-state index contributed by atoms with van der Waals surface area (Å²) in [4.78, 5) is 11.6. The summed E-state index contributed by atoms with van der Waals surface area (Å²) in [6.07, 6.45) is -3.43. The van der Waals surface area contributed by atoms with Crippen LogP contribution in [-0.2, 0) is 16.2 Å². The lowest BCUT2D eigenvalue weighted by atomic mass is 9.99. The van der Waals surface area contributed by atoms with E-state index < -0.39 is 21.9 Å². The molecule has 1 aliphatic rings. The van der Waals surface area contributed by atoms with Crippen molar-refractivity contribution in [2.75, 3.05) is 29.4 Å². The number of benzene rings is 1. The fraction of sp³-hybridized carbons (Fsp3) is 0.444. The summed E-state index contributed by atoms with van der Waals surface area (Å²) in [6, 6.07) is 7.01. The van der Waals surface area contributed by atoms with Gasteiger partial charge in [0.05, 0.1) is 10.9 Å². The van der Waals surface area contributed by atoms with Gasteiger partial charge in [-0.1, -0.05) is 19.9 Å². The third-order valence-electron chi connectivity index (χ3n) is 4.89. The highest BCUT2D eigenvalue weighted by Gasteiger charge is 2.35. The highest BCUT2D eigenvalue weighted by atomic mass is 32.2. The van der Waals surface area contributed by atoms with E-state index in [9.17, 15) is 21.6 Å². The van der Waals surface area contributed by atoms with Crippen LogP contribution in [0.1, 0.15) is 19.5 Å². The van der Waals surface area contributed by atoms with Crippen LogP contribution in [0.25, 0.3) is 0 Å². The lowest BCUT2D eigenvalue weighted by Gasteiger charge is -2.44. The lowest BCUT2D eigenvalue weighted by Crippen LogP contribution is -2.56. The maximum absolute atomic E-state index is 13.0. The summed E-state index contributed by atoms with van der Waals surface area (Å²) in [5.41, 5.74) is -0.292. The minimum Gasteiger partial charge on any atom is -0.368 e. The van der Waals surface area contributed by atoms with Crippen molar-refractivity contribution in [1.82, 2.24) is 9.97 Å². The molecule has 0 aliphatic carbocycles. The van der Waals surface area contributed by atoms with Crippen LogP contribution in [0.2, 0.25) is 0 Å². The molecule has 0 radical (unpaired) electrons. The molecule has 1 aliphatic heterocycles. The first-order valence-corrected chi connectivity index (χ1v) is 10.6. The maximum atomic E-state index is 13.0. The van der Waals surface area contributed by atoms with Crippen molar-refractivity contribution in [3.63, 3.8) is 0 Å². The average molecular weight is 429 g/mol. The Morgan fingerprint density at radius 2 is 1.93 bits per heavy atom. The van der Waals surface area contributed by atoms with Crippen LogP contribution in [0.5, 0.6) is 0 Å². The van der Waals surface area contributed by atoms with Gasteiger partial charge >= 0.3 is 6.18 Å². The van der Waals surface area contributed by atoms with Gasteiger partial charge in [-0.3, -0.25) is 0 Å². The smallest absolute Gasteiger partial charge is 0.368 e. The fourth-order valence-corrected chi connectivity index (χ4v) is 3.92. The number of nitrogens with zero attached hydrogens (tertiary/aromatic N) is 4. The Balaban J connectivity index is 1.88. The standard InChI is InChI=1S/C18H22F3N5O2S/c1-12(2)15-11-25(13-4-3-5-14(10-13)29(22,27)28)8-9-26(15)17-23-7-6-16(24-17)18(19,20)21/h3-7,10,12,15H,8-9,11H2,1-2H3,(H2,22,27,28)/t15-/m0/s1. The first kappa shape index (κ1) is 21.3. The Morgan fingerprint density at radius 3 is 2.55 bits per heavy atom. The molecule has 0 spiro atoms. The van der Waals surface area contributed by atoms with Crippen molar-refractivity contribution in [2.45, 2.75) is 31.0 Å². The van der Waals surface area contributed by atoms with Gasteiger partial charge in [-0.2, -0.15) is 13.2 Å². The number of hydrogen-bond donors (Lipinski definition) is 1. The predicted octanol–water partition coefficient (Wildman–Crippen LogP) is 2.49. The molecule has 2 heterocycles. The third-order valence-corrected chi connectivity index (χ3v) is 5.80. The summed E-state index contributed by atoms with van der Waals surface area (Å²) in [6.45, 7) is 5.27. The molecule has 3 rings (SSSR count). The second-order valence-corrected chi connectivity index (χ2v) is 8.79. The molecule has 1 saturated heterocycles. The SMILES string of the molecule is CC(C)[C@@H]1CN(c2cccc(S(N)(=O)=O)c2)CCN1c1nccc(C(F)(F)F)n1. The van der Waals surface area contributed by atoms with Crippen molar-refractivity contribution in [2.24, 2.45) is 11.1 Å². The maximum Gasteiger partial charge on any atom is 0.433 e. The van der Waals surface area contributed by atoms with Gasteiger partial charge in [0.2, 0.25) is 16.0 Å². The van der Waals surface area contributed by atoms with Crippen molar-refractivity contribution in [3.05, 3.63) is 42.2 Å². The van der Waals surface area contributed by atoms with Gasteiger partial charge in [0.25, 0.3) is 0 Å². The van der Waals surface area contributed by atoms with Gasteiger partial charge in [-0.25, -0.2) is 23.5 Å². The number of halogens is 3. The topological polar surface area (TPSA) is 92.4 Å². The fourth-order valence-electron chi connectivity index (χ4n) is 3.37. The number of nitrogens with two attached hydrogens (primary N) is 1. The first-order chi connectivity index (χ1) is 13.5. The van der Waals surface area contributed by atoms with Crippen LogP contribution in [0, 0.1) is 5.92 Å². The summed E-state index contributed by atoms with van der Waals surface area (Å²) in [5.74, 6) is 0.133. The van der Waals surface area contributed by atoms with E-state index in [4.69, 9.17) is 5.14 Å². The molecule has 11 heteroatoms. The van der Waals surface area contributed by atoms with Crippen molar-refractivity contribution in [3.8, 4) is 0 Å². The predicted molar refractivity (Wildman–Crippen MR) is 103 cm³/mol. The summed E-state index contributed by atoms with van der Waals surface area (Å²) in [7, 11) is -3.83. The number of piperazine rings is 1. The number of sulfonamides is 1. The van der Waals surface area contributed by atoms with E-state index in [2.05, 4.69) is 9.97 Å². The Labute approximate surface area is 167 Å².